The van der Waals surface area contributed by atoms with Gasteiger partial charge >= 0.3 is 0 Å². The van der Waals surface area contributed by atoms with Crippen LogP contribution in [0.15, 0.2) is 91.0 Å². The lowest BCUT2D eigenvalue weighted by Gasteiger charge is -2.43. The molecule has 3 aromatic rings. The summed E-state index contributed by atoms with van der Waals surface area (Å²) in [6.07, 6.45) is 3.76. The van der Waals surface area contributed by atoms with Gasteiger partial charge in [-0.2, -0.15) is 0 Å². The number of thiocarbonyl (C=S) groups is 1. The Hall–Kier alpha value is -2.22. The highest BCUT2D eigenvalue weighted by molar-refractivity contribution is 7.80. The molecule has 4 heteroatoms. The molecule has 1 fully saturated rings. The molecule has 0 heterocycles. The van der Waals surface area contributed by atoms with Gasteiger partial charge < -0.3 is 10.6 Å². The van der Waals surface area contributed by atoms with Gasteiger partial charge in [0.25, 0.3) is 0 Å². The second-order valence-corrected chi connectivity index (χ2v) is 12.5. The molecule has 1 aliphatic carbocycles. The molecule has 1 saturated carbocycles. The van der Waals surface area contributed by atoms with E-state index in [1.54, 1.807) is 0 Å². The summed E-state index contributed by atoms with van der Waals surface area (Å²) in [7, 11) is -0.487. The Morgan fingerprint density at radius 3 is 1.91 bits per heavy atom. The third-order valence-corrected chi connectivity index (χ3v) is 10.6. The van der Waals surface area contributed by atoms with Crippen molar-refractivity contribution in [1.82, 2.24) is 10.6 Å². The maximum absolute atomic E-state index is 5.75. The van der Waals surface area contributed by atoms with Crippen LogP contribution in [0.2, 0.25) is 0 Å². The fourth-order valence-corrected chi connectivity index (χ4v) is 9.35. The molecule has 2 nitrogen and oxygen atoms in total. The van der Waals surface area contributed by atoms with Crippen molar-refractivity contribution in [1.29, 1.82) is 0 Å². The van der Waals surface area contributed by atoms with E-state index in [0.29, 0.717) is 12.0 Å². The van der Waals surface area contributed by atoms with Gasteiger partial charge in [0.05, 0.1) is 6.04 Å². The van der Waals surface area contributed by atoms with Crippen LogP contribution >= 0.6 is 20.1 Å². The van der Waals surface area contributed by atoms with Crippen LogP contribution in [-0.4, -0.2) is 16.3 Å². The second-order valence-electron chi connectivity index (χ2n) is 9.40. The summed E-state index contributed by atoms with van der Waals surface area (Å²) in [4.78, 5) is 0. The minimum absolute atomic E-state index is 0.180. The van der Waals surface area contributed by atoms with Crippen molar-refractivity contribution in [3.8, 4) is 0 Å². The van der Waals surface area contributed by atoms with E-state index >= 15 is 0 Å². The quantitative estimate of drug-likeness (QED) is 0.311. The van der Waals surface area contributed by atoms with Gasteiger partial charge in [-0.05, 0) is 68.9 Å². The van der Waals surface area contributed by atoms with Crippen molar-refractivity contribution < 1.29 is 0 Å². The van der Waals surface area contributed by atoms with Crippen molar-refractivity contribution in [3.63, 3.8) is 0 Å². The summed E-state index contributed by atoms with van der Waals surface area (Å²) in [5.74, 6) is 0.552. The molecule has 2 N–H and O–H groups in total. The van der Waals surface area contributed by atoms with Crippen molar-refractivity contribution in [2.24, 2.45) is 5.92 Å². The molecule has 3 aromatic carbocycles. The number of rotatable bonds is 7. The summed E-state index contributed by atoms with van der Waals surface area (Å²) in [6.45, 7) is 7.01. The summed E-state index contributed by atoms with van der Waals surface area (Å²) in [5, 5.41) is 11.1. The molecule has 33 heavy (non-hydrogen) atoms. The third kappa shape index (κ3) is 5.48. The van der Waals surface area contributed by atoms with Gasteiger partial charge in [0.1, 0.15) is 0 Å². The van der Waals surface area contributed by atoms with Gasteiger partial charge in [0.2, 0.25) is 0 Å². The van der Waals surface area contributed by atoms with Crippen LogP contribution in [-0.2, 0) is 0 Å². The smallest absolute Gasteiger partial charge is 0.166 e. The molecule has 0 radical (unpaired) electrons. The molecule has 4 atom stereocenters. The van der Waals surface area contributed by atoms with Gasteiger partial charge in [-0.15, -0.1) is 0 Å². The minimum Gasteiger partial charge on any atom is -0.360 e. The average molecular weight is 475 g/mol. The highest BCUT2D eigenvalue weighted by Crippen LogP contribution is 2.59. The first-order chi connectivity index (χ1) is 16.0. The van der Waals surface area contributed by atoms with Crippen molar-refractivity contribution >= 4 is 35.9 Å². The second kappa shape index (κ2) is 10.8. The van der Waals surface area contributed by atoms with Gasteiger partial charge in [0.15, 0.2) is 5.11 Å². The van der Waals surface area contributed by atoms with E-state index in [4.69, 9.17) is 12.2 Å². The Labute approximate surface area is 206 Å². The molecule has 172 valence electrons. The van der Waals surface area contributed by atoms with Crippen LogP contribution in [0.4, 0.5) is 0 Å². The Bertz CT molecular complexity index is 988. The van der Waals surface area contributed by atoms with E-state index in [9.17, 15) is 0 Å². The molecule has 0 amide bonds. The molecule has 1 unspecified atom stereocenters. The Morgan fingerprint density at radius 2 is 1.36 bits per heavy atom. The van der Waals surface area contributed by atoms with E-state index in [-0.39, 0.29) is 11.2 Å². The normalized spacial score (nSPS) is 22.0. The van der Waals surface area contributed by atoms with E-state index in [1.807, 2.05) is 6.07 Å². The first-order valence-corrected chi connectivity index (χ1v) is 13.8. The molecule has 0 aliphatic heterocycles. The van der Waals surface area contributed by atoms with E-state index in [1.165, 1.54) is 35.4 Å². The average Bonchev–Trinajstić information content (AvgIpc) is 3.23. The monoisotopic (exact) mass is 474 g/mol. The first kappa shape index (κ1) is 23.9. The van der Waals surface area contributed by atoms with Crippen LogP contribution < -0.4 is 21.2 Å². The van der Waals surface area contributed by atoms with Gasteiger partial charge in [0, 0.05) is 11.2 Å². The highest BCUT2D eigenvalue weighted by atomic mass is 32.1. The van der Waals surface area contributed by atoms with Crippen molar-refractivity contribution in [2.45, 2.75) is 57.3 Å². The predicted octanol–water partition coefficient (Wildman–Crippen LogP) is 6.29. The van der Waals surface area contributed by atoms with Crippen LogP contribution in [0.5, 0.6) is 0 Å². The molecule has 1 aliphatic rings. The summed E-state index contributed by atoms with van der Waals surface area (Å²) in [6, 6.07) is 33.3. The molecule has 4 rings (SSSR count). The molecular formula is C29H35N2PS. The van der Waals surface area contributed by atoms with E-state index in [2.05, 4.69) is 116 Å². The first-order valence-electron chi connectivity index (χ1n) is 12.0. The third-order valence-electron chi connectivity index (χ3n) is 7.15. The lowest BCUT2D eigenvalue weighted by Crippen LogP contribution is -2.49. The predicted molar refractivity (Wildman–Crippen MR) is 148 cm³/mol. The Balaban J connectivity index is 1.54. The fraction of sp³-hybridized carbons (Fsp3) is 0.345. The summed E-state index contributed by atoms with van der Waals surface area (Å²) < 4.78 is 0. The van der Waals surface area contributed by atoms with E-state index in [0.717, 1.165) is 5.11 Å². The van der Waals surface area contributed by atoms with Crippen LogP contribution in [0, 0.1) is 5.92 Å². The minimum atomic E-state index is -0.487. The maximum atomic E-state index is 5.75. The van der Waals surface area contributed by atoms with Crippen molar-refractivity contribution in [2.75, 3.05) is 0 Å². The highest BCUT2D eigenvalue weighted by Gasteiger charge is 2.48. The van der Waals surface area contributed by atoms with Gasteiger partial charge in [-0.25, -0.2) is 0 Å². The Kier molecular flexibility index (Phi) is 7.83. The zero-order valence-corrected chi connectivity index (χ0v) is 21.6. The van der Waals surface area contributed by atoms with E-state index < -0.39 is 7.92 Å². The number of nitrogens with one attached hydrogen (secondary N) is 2. The molecule has 0 aromatic heterocycles. The van der Waals surface area contributed by atoms with Crippen LogP contribution in [0.3, 0.4) is 0 Å². The summed E-state index contributed by atoms with van der Waals surface area (Å²) in [5.41, 5.74) is 1.25. The standard InChI is InChI=1S/C29H35N2PS/c1-22(24-14-7-4-8-15-24)30-28(33)31-23(2)27-20-13-21-29(27,3)32(25-16-9-5-10-17-25)26-18-11-6-12-19-26/h4-12,14-19,22-23,27H,13,20-21H2,1-3H3,(H2,30,31,33)/t22-,23+,27-,29?/m0/s1. The lowest BCUT2D eigenvalue weighted by atomic mass is 9.90. The van der Waals surface area contributed by atoms with Gasteiger partial charge in [-0.1, -0.05) is 104 Å². The summed E-state index contributed by atoms with van der Waals surface area (Å²) >= 11 is 5.75. The van der Waals surface area contributed by atoms with Gasteiger partial charge in [-0.3, -0.25) is 0 Å². The molecular weight excluding hydrogens is 439 g/mol. The number of hydrogen-bond acceptors (Lipinski definition) is 1. The van der Waals surface area contributed by atoms with Crippen molar-refractivity contribution in [3.05, 3.63) is 96.6 Å². The molecule has 0 spiro atoms. The topological polar surface area (TPSA) is 24.1 Å². The largest absolute Gasteiger partial charge is 0.360 e. The zero-order valence-electron chi connectivity index (χ0n) is 19.9. The SMILES string of the molecule is C[C@H](NC(=S)N[C@H](C)[C@@H]1CCCC1(C)P(c1ccccc1)c1ccccc1)c1ccccc1. The fourth-order valence-electron chi connectivity index (χ4n) is 5.51. The lowest BCUT2D eigenvalue weighted by molar-refractivity contribution is 0.365. The molecule has 0 bridgehead atoms. The number of benzene rings is 3. The molecule has 0 saturated heterocycles. The maximum Gasteiger partial charge on any atom is 0.166 e. The number of hydrogen-bond donors (Lipinski definition) is 2. The zero-order chi connectivity index (χ0) is 23.3. The van der Waals surface area contributed by atoms with Crippen LogP contribution in [0.1, 0.15) is 51.6 Å². The van der Waals surface area contributed by atoms with Crippen LogP contribution in [0.25, 0.3) is 0 Å². The Morgan fingerprint density at radius 1 is 0.848 bits per heavy atom.